The van der Waals surface area contributed by atoms with Crippen LogP contribution in [0.2, 0.25) is 0 Å². The van der Waals surface area contributed by atoms with Gasteiger partial charge in [0.05, 0.1) is 12.0 Å². The Kier molecular flexibility index (Phi) is 5.33. The molecule has 1 aromatic carbocycles. The van der Waals surface area contributed by atoms with Crippen molar-refractivity contribution in [3.05, 3.63) is 35.4 Å². The number of carboxylic acids is 1. The number of aliphatic hydroxyl groups is 1. The predicted octanol–water partition coefficient (Wildman–Crippen LogP) is 2.57. The molecule has 1 unspecified atom stereocenters. The monoisotopic (exact) mass is 333 g/mol. The highest BCUT2D eigenvalue weighted by Gasteiger charge is 2.43. The number of aliphatic carboxylic acids is 1. The third-order valence-corrected chi connectivity index (χ3v) is 5.08. The average Bonchev–Trinajstić information content (AvgIpc) is 3.03. The van der Waals surface area contributed by atoms with Crippen molar-refractivity contribution >= 4 is 11.9 Å². The van der Waals surface area contributed by atoms with E-state index in [0.29, 0.717) is 5.92 Å². The largest absolute Gasteiger partial charge is 0.479 e. The number of nitrogens with one attached hydrogen (secondary N) is 1. The van der Waals surface area contributed by atoms with Gasteiger partial charge in [0, 0.05) is 0 Å². The highest BCUT2D eigenvalue weighted by atomic mass is 16.4. The summed E-state index contributed by atoms with van der Waals surface area (Å²) in [5.74, 6) is -1.11. The van der Waals surface area contributed by atoms with E-state index in [2.05, 4.69) is 31.3 Å². The number of hydrogen-bond donors (Lipinski definition) is 3. The van der Waals surface area contributed by atoms with E-state index in [1.165, 1.54) is 12.5 Å². The van der Waals surface area contributed by atoms with Crippen LogP contribution in [-0.4, -0.2) is 34.2 Å². The van der Waals surface area contributed by atoms with Crippen LogP contribution in [0.4, 0.5) is 0 Å². The second-order valence-corrected chi connectivity index (χ2v) is 7.33. The van der Waals surface area contributed by atoms with E-state index in [9.17, 15) is 14.7 Å². The number of hydrogen-bond acceptors (Lipinski definition) is 3. The molecule has 0 aromatic heterocycles. The van der Waals surface area contributed by atoms with Crippen molar-refractivity contribution in [1.29, 1.82) is 0 Å². The number of amides is 1. The molecule has 0 radical (unpaired) electrons. The van der Waals surface area contributed by atoms with Crippen molar-refractivity contribution in [2.24, 2.45) is 0 Å². The Bertz CT molecular complexity index is 598. The quantitative estimate of drug-likeness (QED) is 0.747. The molecule has 3 N–H and O–H groups in total. The van der Waals surface area contributed by atoms with E-state index in [1.54, 1.807) is 0 Å². The molecule has 1 atom stereocenters. The van der Waals surface area contributed by atoms with Crippen molar-refractivity contribution in [2.45, 2.75) is 63.4 Å². The lowest BCUT2D eigenvalue weighted by molar-refractivity contribution is -0.156. The first-order chi connectivity index (χ1) is 11.2. The van der Waals surface area contributed by atoms with Gasteiger partial charge in [0.25, 0.3) is 0 Å². The van der Waals surface area contributed by atoms with Crippen molar-refractivity contribution in [3.63, 3.8) is 0 Å². The van der Waals surface area contributed by atoms with Gasteiger partial charge < -0.3 is 15.5 Å². The number of carbonyl (C=O) groups excluding carboxylic acids is 1. The van der Waals surface area contributed by atoms with Crippen molar-refractivity contribution in [3.8, 4) is 0 Å². The molecule has 0 heterocycles. The summed E-state index contributed by atoms with van der Waals surface area (Å²) in [4.78, 5) is 23.8. The molecule has 1 fully saturated rings. The summed E-state index contributed by atoms with van der Waals surface area (Å²) in [6.07, 6.45) is 3.42. The van der Waals surface area contributed by atoms with Crippen LogP contribution in [0.1, 0.15) is 63.5 Å². The van der Waals surface area contributed by atoms with Gasteiger partial charge in [-0.2, -0.15) is 0 Å². The molecule has 1 saturated carbocycles. The third kappa shape index (κ3) is 3.61. The van der Waals surface area contributed by atoms with Crippen molar-refractivity contribution in [1.82, 2.24) is 5.32 Å². The summed E-state index contributed by atoms with van der Waals surface area (Å²) in [7, 11) is 0. The maximum atomic E-state index is 12.8. The van der Waals surface area contributed by atoms with Gasteiger partial charge in [-0.3, -0.25) is 4.79 Å². The van der Waals surface area contributed by atoms with Crippen LogP contribution in [0, 0.1) is 0 Å². The topological polar surface area (TPSA) is 86.6 Å². The normalized spacial score (nSPS) is 19.0. The molecular formula is C19H27NO4. The number of benzene rings is 1. The maximum absolute atomic E-state index is 12.8. The second kappa shape index (κ2) is 6.93. The summed E-state index contributed by atoms with van der Waals surface area (Å²) in [6.45, 7) is 5.14. The lowest BCUT2D eigenvalue weighted by Crippen LogP contribution is -2.51. The Morgan fingerprint density at radius 3 is 2.21 bits per heavy atom. The SMILES string of the molecule is CC(C)c1ccc(C2(C(=O)NCC(C)(O)C(=O)O)CCCC2)cc1. The standard InChI is InChI=1S/C19H27NO4/c1-13(2)14-6-8-15(9-7-14)19(10-4-5-11-19)16(21)20-12-18(3,24)17(22)23/h6-9,13,24H,4-5,10-12H2,1-3H3,(H,20,21)(H,22,23). The van der Waals surface area contributed by atoms with Gasteiger partial charge in [0.1, 0.15) is 0 Å². The molecule has 1 aliphatic rings. The fraction of sp³-hybridized carbons (Fsp3) is 0.579. The lowest BCUT2D eigenvalue weighted by Gasteiger charge is -2.30. The molecule has 0 aliphatic heterocycles. The summed E-state index contributed by atoms with van der Waals surface area (Å²) < 4.78 is 0. The molecule has 1 aliphatic carbocycles. The molecule has 5 nitrogen and oxygen atoms in total. The first kappa shape index (κ1) is 18.5. The minimum Gasteiger partial charge on any atom is -0.479 e. The Balaban J connectivity index is 2.21. The molecule has 1 aromatic rings. The van der Waals surface area contributed by atoms with Crippen LogP contribution >= 0.6 is 0 Å². The summed E-state index contributed by atoms with van der Waals surface area (Å²) in [5, 5.41) is 21.5. The zero-order valence-corrected chi connectivity index (χ0v) is 14.6. The highest BCUT2D eigenvalue weighted by Crippen LogP contribution is 2.41. The molecule has 132 valence electrons. The maximum Gasteiger partial charge on any atom is 0.337 e. The van der Waals surface area contributed by atoms with Crippen LogP contribution in [0.15, 0.2) is 24.3 Å². The van der Waals surface area contributed by atoms with E-state index in [1.807, 2.05) is 12.1 Å². The second-order valence-electron chi connectivity index (χ2n) is 7.33. The van der Waals surface area contributed by atoms with Crippen LogP contribution in [0.3, 0.4) is 0 Å². The summed E-state index contributed by atoms with van der Waals surface area (Å²) in [5.41, 5.74) is -0.390. The lowest BCUT2D eigenvalue weighted by atomic mass is 9.77. The van der Waals surface area contributed by atoms with Gasteiger partial charge in [0.15, 0.2) is 5.60 Å². The van der Waals surface area contributed by atoms with Gasteiger partial charge in [-0.25, -0.2) is 4.79 Å². The third-order valence-electron chi connectivity index (χ3n) is 5.08. The summed E-state index contributed by atoms with van der Waals surface area (Å²) in [6, 6.07) is 8.13. The predicted molar refractivity (Wildman–Crippen MR) is 91.9 cm³/mol. The van der Waals surface area contributed by atoms with E-state index >= 15 is 0 Å². The summed E-state index contributed by atoms with van der Waals surface area (Å²) >= 11 is 0. The molecule has 1 amide bonds. The fourth-order valence-corrected chi connectivity index (χ4v) is 3.31. The molecule has 24 heavy (non-hydrogen) atoms. The van der Waals surface area contributed by atoms with Crippen LogP contribution < -0.4 is 5.32 Å². The minimum absolute atomic E-state index is 0.196. The molecule has 0 bridgehead atoms. The number of carboxylic acid groups (broad SMARTS) is 1. The molecule has 5 heteroatoms. The Morgan fingerprint density at radius 2 is 1.75 bits per heavy atom. The van der Waals surface area contributed by atoms with E-state index in [-0.39, 0.29) is 12.5 Å². The molecular weight excluding hydrogens is 306 g/mol. The Morgan fingerprint density at radius 1 is 1.21 bits per heavy atom. The zero-order chi connectivity index (χ0) is 18.0. The Hall–Kier alpha value is -1.88. The van der Waals surface area contributed by atoms with Crippen LogP contribution in [-0.2, 0) is 15.0 Å². The average molecular weight is 333 g/mol. The van der Waals surface area contributed by atoms with E-state index in [4.69, 9.17) is 5.11 Å². The van der Waals surface area contributed by atoms with Gasteiger partial charge in [0.2, 0.25) is 5.91 Å². The van der Waals surface area contributed by atoms with Gasteiger partial charge in [-0.05, 0) is 36.8 Å². The fourth-order valence-electron chi connectivity index (χ4n) is 3.31. The zero-order valence-electron chi connectivity index (χ0n) is 14.6. The first-order valence-corrected chi connectivity index (χ1v) is 8.53. The van der Waals surface area contributed by atoms with E-state index in [0.717, 1.165) is 31.2 Å². The number of rotatable bonds is 6. The van der Waals surface area contributed by atoms with Gasteiger partial charge >= 0.3 is 5.97 Å². The van der Waals surface area contributed by atoms with Crippen molar-refractivity contribution in [2.75, 3.05) is 6.54 Å². The first-order valence-electron chi connectivity index (χ1n) is 8.53. The molecule has 2 rings (SSSR count). The van der Waals surface area contributed by atoms with Gasteiger partial charge in [-0.15, -0.1) is 0 Å². The van der Waals surface area contributed by atoms with Gasteiger partial charge in [-0.1, -0.05) is 51.0 Å². The number of carbonyl (C=O) groups is 2. The van der Waals surface area contributed by atoms with Crippen molar-refractivity contribution < 1.29 is 19.8 Å². The van der Waals surface area contributed by atoms with E-state index < -0.39 is 17.0 Å². The highest BCUT2D eigenvalue weighted by molar-refractivity contribution is 5.89. The van der Waals surface area contributed by atoms with Crippen LogP contribution in [0.25, 0.3) is 0 Å². The van der Waals surface area contributed by atoms with Crippen LogP contribution in [0.5, 0.6) is 0 Å². The molecule has 0 spiro atoms. The molecule has 0 saturated heterocycles. The minimum atomic E-state index is -1.96. The smallest absolute Gasteiger partial charge is 0.337 e. The Labute approximate surface area is 143 Å².